The van der Waals surface area contributed by atoms with Crippen molar-refractivity contribution in [1.29, 1.82) is 0 Å². The smallest absolute Gasteiger partial charge is 0.417 e. The second kappa shape index (κ2) is 8.71. The Hall–Kier alpha value is -2.13. The molecule has 0 aliphatic carbocycles. The topological polar surface area (TPSA) is 47.0 Å². The lowest BCUT2D eigenvalue weighted by Gasteiger charge is -2.12. The van der Waals surface area contributed by atoms with Crippen molar-refractivity contribution >= 4 is 57.7 Å². The number of aromatic nitrogens is 2. The molecule has 0 fully saturated rings. The molecule has 0 aliphatic heterocycles. The number of benzene rings is 1. The molecule has 1 N–H and O–H groups in total. The fourth-order valence-corrected chi connectivity index (χ4v) is 3.15. The van der Waals surface area contributed by atoms with Crippen molar-refractivity contribution in [2.75, 3.05) is 5.32 Å². The molecule has 29 heavy (non-hydrogen) atoms. The van der Waals surface area contributed by atoms with E-state index in [1.165, 1.54) is 12.3 Å². The van der Waals surface area contributed by atoms with Crippen LogP contribution in [0.4, 0.5) is 18.9 Å². The molecule has 150 valence electrons. The lowest BCUT2D eigenvalue weighted by Crippen LogP contribution is -2.11. The number of halogens is 6. The van der Waals surface area contributed by atoms with E-state index in [0.29, 0.717) is 33.2 Å². The minimum atomic E-state index is -4.54. The molecule has 0 aliphatic rings. The number of anilines is 1. The number of alkyl halides is 3. The van der Waals surface area contributed by atoms with Crippen LogP contribution in [0.1, 0.15) is 11.1 Å². The lowest BCUT2D eigenvalue weighted by atomic mass is 10.2. The van der Waals surface area contributed by atoms with Crippen molar-refractivity contribution in [3.05, 3.63) is 75.1 Å². The average Bonchev–Trinajstić information content (AvgIpc) is 2.64. The van der Waals surface area contributed by atoms with Crippen LogP contribution in [0.5, 0.6) is 11.6 Å². The van der Waals surface area contributed by atoms with Crippen LogP contribution in [0.15, 0.2) is 48.8 Å². The quantitative estimate of drug-likeness (QED) is 0.322. The monoisotopic (exact) mass is 477 g/mol. The molecule has 2 heterocycles. The molecule has 0 atom stereocenters. The first-order valence-electron chi connectivity index (χ1n) is 7.76. The first-order valence-corrected chi connectivity index (χ1v) is 9.31. The number of thiocarbonyl (C=S) groups is 1. The van der Waals surface area contributed by atoms with Gasteiger partial charge in [-0.15, -0.1) is 0 Å². The van der Waals surface area contributed by atoms with Gasteiger partial charge in [0.1, 0.15) is 20.9 Å². The van der Waals surface area contributed by atoms with Gasteiger partial charge in [0.05, 0.1) is 10.6 Å². The Morgan fingerprint density at radius 2 is 1.66 bits per heavy atom. The molecule has 2 aromatic heterocycles. The molecule has 4 nitrogen and oxygen atoms in total. The number of rotatable bonds is 4. The molecule has 1 aromatic carbocycles. The van der Waals surface area contributed by atoms with E-state index in [9.17, 15) is 13.2 Å². The van der Waals surface area contributed by atoms with Crippen LogP contribution in [0.25, 0.3) is 0 Å². The Morgan fingerprint density at radius 3 is 2.24 bits per heavy atom. The summed E-state index contributed by atoms with van der Waals surface area (Å²) in [5.41, 5.74) is 0.172. The molecule has 11 heteroatoms. The van der Waals surface area contributed by atoms with Crippen molar-refractivity contribution in [3.8, 4) is 11.6 Å². The summed E-state index contributed by atoms with van der Waals surface area (Å²) in [5, 5.41) is 3.33. The Morgan fingerprint density at radius 1 is 0.966 bits per heavy atom. The van der Waals surface area contributed by atoms with Gasteiger partial charge in [0.25, 0.3) is 0 Å². The number of hydrogen-bond donors (Lipinski definition) is 1. The summed E-state index contributed by atoms with van der Waals surface area (Å²) in [6.07, 6.45) is -2.43. The number of pyridine rings is 2. The molecule has 0 saturated heterocycles. The lowest BCUT2D eigenvalue weighted by molar-refractivity contribution is -0.137. The zero-order chi connectivity index (χ0) is 21.2. The largest absolute Gasteiger partial charge is 0.438 e. The highest BCUT2D eigenvalue weighted by atomic mass is 35.5. The molecule has 3 rings (SSSR count). The molecular formula is C18H9Cl3F3N3OS. The Labute approximate surface area is 183 Å². The summed E-state index contributed by atoms with van der Waals surface area (Å²) in [7, 11) is 0. The standard InChI is InChI=1S/C18H9Cl3F3N3OS/c19-13-6-15(21)25-8-12(13)17(29)27-10-1-3-11(4-2-10)28-16-14(20)5-9(7-26-16)18(22,23)24/h1-8H,(H,27,29). The maximum Gasteiger partial charge on any atom is 0.417 e. The van der Waals surface area contributed by atoms with Crippen LogP contribution in [0.3, 0.4) is 0 Å². The van der Waals surface area contributed by atoms with Crippen molar-refractivity contribution in [1.82, 2.24) is 9.97 Å². The first kappa shape index (κ1) is 21.6. The molecule has 0 spiro atoms. The molecule has 0 bridgehead atoms. The third-order valence-electron chi connectivity index (χ3n) is 3.53. The van der Waals surface area contributed by atoms with E-state index in [4.69, 9.17) is 51.8 Å². The van der Waals surface area contributed by atoms with E-state index in [-0.39, 0.29) is 16.1 Å². The van der Waals surface area contributed by atoms with E-state index in [0.717, 1.165) is 6.07 Å². The Bertz CT molecular complexity index is 1060. The molecule has 3 aromatic rings. The van der Waals surface area contributed by atoms with E-state index < -0.39 is 11.7 Å². The highest BCUT2D eigenvalue weighted by Crippen LogP contribution is 2.34. The number of nitrogens with one attached hydrogen (secondary N) is 1. The van der Waals surface area contributed by atoms with Crippen molar-refractivity contribution in [2.24, 2.45) is 0 Å². The molecule has 0 saturated carbocycles. The van der Waals surface area contributed by atoms with Gasteiger partial charge >= 0.3 is 6.18 Å². The van der Waals surface area contributed by atoms with E-state index in [1.54, 1.807) is 24.3 Å². The molecule has 0 radical (unpaired) electrons. The van der Waals surface area contributed by atoms with Gasteiger partial charge in [0, 0.05) is 23.6 Å². The van der Waals surface area contributed by atoms with Crippen LogP contribution in [-0.2, 0) is 6.18 Å². The minimum Gasteiger partial charge on any atom is -0.438 e. The van der Waals surface area contributed by atoms with Gasteiger partial charge in [-0.1, -0.05) is 47.0 Å². The summed E-state index contributed by atoms with van der Waals surface area (Å²) >= 11 is 23.0. The fourth-order valence-electron chi connectivity index (χ4n) is 2.15. The highest BCUT2D eigenvalue weighted by Gasteiger charge is 2.31. The summed E-state index contributed by atoms with van der Waals surface area (Å²) in [6, 6.07) is 8.67. The Balaban J connectivity index is 1.70. The van der Waals surface area contributed by atoms with Crippen molar-refractivity contribution < 1.29 is 17.9 Å². The van der Waals surface area contributed by atoms with Gasteiger partial charge in [-0.2, -0.15) is 13.2 Å². The normalized spacial score (nSPS) is 11.2. The van der Waals surface area contributed by atoms with Crippen LogP contribution < -0.4 is 10.1 Å². The summed E-state index contributed by atoms with van der Waals surface area (Å²) in [4.78, 5) is 7.89. The predicted molar refractivity (Wildman–Crippen MR) is 110 cm³/mol. The van der Waals surface area contributed by atoms with E-state index >= 15 is 0 Å². The van der Waals surface area contributed by atoms with Gasteiger partial charge in [-0.25, -0.2) is 9.97 Å². The predicted octanol–water partition coefficient (Wildman–Crippen LogP) is 7.04. The summed E-state index contributed by atoms with van der Waals surface area (Å²) in [6.45, 7) is 0. The van der Waals surface area contributed by atoms with Crippen LogP contribution >= 0.6 is 47.0 Å². The molecular weight excluding hydrogens is 470 g/mol. The SMILES string of the molecule is FC(F)(F)c1cnc(Oc2ccc(NC(=S)c3cnc(Cl)cc3Cl)cc2)c(Cl)c1. The van der Waals surface area contributed by atoms with Gasteiger partial charge < -0.3 is 10.1 Å². The second-order valence-electron chi connectivity index (χ2n) is 5.58. The van der Waals surface area contributed by atoms with E-state index in [1.807, 2.05) is 0 Å². The van der Waals surface area contributed by atoms with Crippen LogP contribution in [0.2, 0.25) is 15.2 Å². The van der Waals surface area contributed by atoms with Crippen molar-refractivity contribution in [3.63, 3.8) is 0 Å². The number of hydrogen-bond acceptors (Lipinski definition) is 4. The van der Waals surface area contributed by atoms with Gasteiger partial charge in [0.2, 0.25) is 5.88 Å². The van der Waals surface area contributed by atoms with Crippen LogP contribution in [0, 0.1) is 0 Å². The maximum atomic E-state index is 12.7. The maximum absolute atomic E-state index is 12.7. The zero-order valence-corrected chi connectivity index (χ0v) is 17.2. The van der Waals surface area contributed by atoms with Crippen molar-refractivity contribution in [2.45, 2.75) is 6.18 Å². The van der Waals surface area contributed by atoms with Crippen LogP contribution in [-0.4, -0.2) is 15.0 Å². The fraction of sp³-hybridized carbons (Fsp3) is 0.0556. The van der Waals surface area contributed by atoms with Gasteiger partial charge in [-0.05, 0) is 36.4 Å². The summed E-state index contributed by atoms with van der Waals surface area (Å²) in [5.74, 6) is 0.178. The number of ether oxygens (including phenoxy) is 1. The Kier molecular flexibility index (Phi) is 6.48. The molecule has 0 unspecified atom stereocenters. The molecule has 0 amide bonds. The van der Waals surface area contributed by atoms with E-state index in [2.05, 4.69) is 15.3 Å². The van der Waals surface area contributed by atoms with Gasteiger partial charge in [0.15, 0.2) is 0 Å². The third-order valence-corrected chi connectivity index (χ3v) is 4.64. The first-order chi connectivity index (χ1) is 13.6. The highest BCUT2D eigenvalue weighted by molar-refractivity contribution is 7.81. The third kappa shape index (κ3) is 5.48. The number of nitrogens with zero attached hydrogens (tertiary/aromatic N) is 2. The van der Waals surface area contributed by atoms with Gasteiger partial charge in [-0.3, -0.25) is 0 Å². The zero-order valence-electron chi connectivity index (χ0n) is 14.1. The summed E-state index contributed by atoms with van der Waals surface area (Å²) < 4.78 is 43.4. The average molecular weight is 479 g/mol. The minimum absolute atomic E-state index is 0.144. The second-order valence-corrected chi connectivity index (χ2v) is 7.19.